The molecule has 1 aromatic carbocycles. The molecule has 0 saturated carbocycles. The van der Waals surface area contributed by atoms with Gasteiger partial charge in [0.2, 0.25) is 5.91 Å². The Balaban J connectivity index is 1.77. The summed E-state index contributed by atoms with van der Waals surface area (Å²) < 4.78 is 0.986. The van der Waals surface area contributed by atoms with E-state index in [-0.39, 0.29) is 11.9 Å². The molecule has 1 aliphatic heterocycles. The Morgan fingerprint density at radius 2 is 2.17 bits per heavy atom. The molecule has 23 heavy (non-hydrogen) atoms. The number of carbonyl (C=O) groups is 1. The molecule has 2 atom stereocenters. The van der Waals surface area contributed by atoms with Crippen molar-refractivity contribution in [3.8, 4) is 0 Å². The van der Waals surface area contributed by atoms with Crippen molar-refractivity contribution >= 4 is 27.5 Å². The van der Waals surface area contributed by atoms with Crippen molar-refractivity contribution in [2.45, 2.75) is 25.3 Å². The Morgan fingerprint density at radius 1 is 1.30 bits per heavy atom. The molecule has 2 N–H and O–H groups in total. The monoisotopic (exact) mass is 372 g/mol. The van der Waals surface area contributed by atoms with Crippen LogP contribution in [-0.2, 0) is 4.79 Å². The van der Waals surface area contributed by atoms with Crippen molar-refractivity contribution in [1.29, 1.82) is 0 Å². The molecule has 2 aromatic rings. The minimum absolute atomic E-state index is 0.0467. The van der Waals surface area contributed by atoms with Crippen LogP contribution in [0.3, 0.4) is 0 Å². The molecule has 0 aliphatic carbocycles. The zero-order valence-electron chi connectivity index (χ0n) is 12.9. The number of benzene rings is 1. The van der Waals surface area contributed by atoms with Crippen molar-refractivity contribution in [1.82, 2.24) is 10.3 Å². The number of anilines is 1. The van der Waals surface area contributed by atoms with Crippen LogP contribution in [0.2, 0.25) is 0 Å². The summed E-state index contributed by atoms with van der Waals surface area (Å²) in [6.07, 6.45) is 7.05. The maximum atomic E-state index is 11.2. The highest BCUT2D eigenvalue weighted by molar-refractivity contribution is 9.10. The molecule has 0 spiro atoms. The molecule has 2 heterocycles. The average Bonchev–Trinajstić information content (AvgIpc) is 2.55. The van der Waals surface area contributed by atoms with E-state index in [1.165, 1.54) is 12.5 Å². The molecule has 119 valence electrons. The summed E-state index contributed by atoms with van der Waals surface area (Å²) in [7, 11) is 0. The van der Waals surface area contributed by atoms with Crippen LogP contribution in [0.25, 0.3) is 0 Å². The number of pyridine rings is 1. The predicted octanol–water partition coefficient (Wildman–Crippen LogP) is 3.82. The van der Waals surface area contributed by atoms with Gasteiger partial charge in [-0.15, -0.1) is 0 Å². The normalized spacial score (nSPS) is 21.0. The van der Waals surface area contributed by atoms with E-state index in [0.717, 1.165) is 28.7 Å². The van der Waals surface area contributed by atoms with E-state index in [4.69, 9.17) is 0 Å². The van der Waals surface area contributed by atoms with Gasteiger partial charge in [-0.25, -0.2) is 0 Å². The number of hydrogen-bond donors (Lipinski definition) is 2. The van der Waals surface area contributed by atoms with Gasteiger partial charge in [-0.2, -0.15) is 0 Å². The second-order valence-electron chi connectivity index (χ2n) is 5.76. The summed E-state index contributed by atoms with van der Waals surface area (Å²) >= 11 is 3.48. The number of piperidine rings is 1. The van der Waals surface area contributed by atoms with E-state index in [9.17, 15) is 4.79 Å². The fourth-order valence-electron chi connectivity index (χ4n) is 2.95. The molecule has 1 aromatic heterocycles. The maximum absolute atomic E-state index is 11.2. The van der Waals surface area contributed by atoms with E-state index in [1.807, 2.05) is 18.3 Å². The number of carbonyl (C=O) groups excluding carboxylic acids is 1. The standard InChI is InChI=1S/C18H19BrN3O/c1-12(23)22-17-4-2-3-13(8-17)14-5-6-21-18(9-14)15-7-16(19)11-20-10-15/h2-4,7-11,14,18,21H,5-6H2,1H3,(H,22,23). The first kappa shape index (κ1) is 16.1. The van der Waals surface area contributed by atoms with Crippen molar-refractivity contribution < 1.29 is 4.79 Å². The highest BCUT2D eigenvalue weighted by Crippen LogP contribution is 2.34. The molecule has 4 nitrogen and oxygen atoms in total. The van der Waals surface area contributed by atoms with Crippen LogP contribution in [0.1, 0.15) is 36.4 Å². The number of nitrogens with one attached hydrogen (secondary N) is 2. The zero-order valence-corrected chi connectivity index (χ0v) is 14.5. The topological polar surface area (TPSA) is 54.0 Å². The molecule has 5 heteroatoms. The highest BCUT2D eigenvalue weighted by atomic mass is 79.9. The fraction of sp³-hybridized carbons (Fsp3) is 0.278. The highest BCUT2D eigenvalue weighted by Gasteiger charge is 2.24. The van der Waals surface area contributed by atoms with E-state index >= 15 is 0 Å². The first-order chi connectivity index (χ1) is 11.1. The van der Waals surface area contributed by atoms with Gasteiger partial charge in [0.05, 0.1) is 0 Å². The number of rotatable bonds is 3. The second kappa shape index (κ2) is 7.23. The SMILES string of the molecule is CC(=O)Nc1cccc(C2[CH]C(c3cncc(Br)c3)NCC2)c1. The van der Waals surface area contributed by atoms with Crippen molar-refractivity contribution in [3.05, 3.63) is 64.7 Å². The van der Waals surface area contributed by atoms with Crippen LogP contribution >= 0.6 is 15.9 Å². The Labute approximate surface area is 144 Å². The van der Waals surface area contributed by atoms with Crippen molar-refractivity contribution in [3.63, 3.8) is 0 Å². The molecule has 0 bridgehead atoms. The van der Waals surface area contributed by atoms with Crippen LogP contribution in [0.15, 0.2) is 47.2 Å². The van der Waals surface area contributed by atoms with E-state index in [0.29, 0.717) is 5.92 Å². The first-order valence-corrected chi connectivity index (χ1v) is 8.47. The summed E-state index contributed by atoms with van der Waals surface area (Å²) in [6, 6.07) is 10.4. The van der Waals surface area contributed by atoms with E-state index < -0.39 is 0 Å². The molecule has 1 aliphatic rings. The molecule has 1 fully saturated rings. The van der Waals surface area contributed by atoms with Crippen LogP contribution in [0.5, 0.6) is 0 Å². The van der Waals surface area contributed by atoms with Crippen molar-refractivity contribution in [2.75, 3.05) is 11.9 Å². The largest absolute Gasteiger partial charge is 0.326 e. The summed E-state index contributed by atoms with van der Waals surface area (Å²) in [5, 5.41) is 6.37. The third kappa shape index (κ3) is 4.18. The van der Waals surface area contributed by atoms with E-state index in [2.05, 4.69) is 56.2 Å². The Bertz CT molecular complexity index is 704. The van der Waals surface area contributed by atoms with Gasteiger partial charge in [0.15, 0.2) is 0 Å². The fourth-order valence-corrected chi connectivity index (χ4v) is 3.33. The summed E-state index contributed by atoms with van der Waals surface area (Å²) in [4.78, 5) is 15.5. The summed E-state index contributed by atoms with van der Waals surface area (Å²) in [5.41, 5.74) is 3.23. The molecule has 1 amide bonds. The van der Waals surface area contributed by atoms with Gasteiger partial charge in [0, 0.05) is 35.5 Å². The first-order valence-electron chi connectivity index (χ1n) is 7.68. The minimum atomic E-state index is -0.0467. The molecule has 2 unspecified atom stereocenters. The van der Waals surface area contributed by atoms with Gasteiger partial charge in [-0.1, -0.05) is 12.1 Å². The van der Waals surface area contributed by atoms with Crippen LogP contribution in [-0.4, -0.2) is 17.4 Å². The Hall–Kier alpha value is -1.72. The second-order valence-corrected chi connectivity index (χ2v) is 6.68. The van der Waals surface area contributed by atoms with Gasteiger partial charge in [0.25, 0.3) is 0 Å². The van der Waals surface area contributed by atoms with Gasteiger partial charge >= 0.3 is 0 Å². The number of halogens is 1. The number of amides is 1. The number of nitrogens with zero attached hydrogens (tertiary/aromatic N) is 1. The maximum Gasteiger partial charge on any atom is 0.221 e. The smallest absolute Gasteiger partial charge is 0.221 e. The third-order valence-corrected chi connectivity index (χ3v) is 4.40. The lowest BCUT2D eigenvalue weighted by molar-refractivity contribution is -0.114. The Morgan fingerprint density at radius 3 is 2.96 bits per heavy atom. The van der Waals surface area contributed by atoms with Gasteiger partial charge < -0.3 is 10.6 Å². The lowest BCUT2D eigenvalue weighted by Gasteiger charge is -2.30. The van der Waals surface area contributed by atoms with Crippen molar-refractivity contribution in [2.24, 2.45) is 0 Å². The molecule has 1 radical (unpaired) electrons. The summed E-state index contributed by atoms with van der Waals surface area (Å²) in [5.74, 6) is 0.309. The molecular weight excluding hydrogens is 354 g/mol. The van der Waals surface area contributed by atoms with Crippen LogP contribution in [0.4, 0.5) is 5.69 Å². The van der Waals surface area contributed by atoms with Gasteiger partial charge in [-0.3, -0.25) is 9.78 Å². The van der Waals surface area contributed by atoms with E-state index in [1.54, 1.807) is 6.20 Å². The van der Waals surface area contributed by atoms with Crippen LogP contribution in [0, 0.1) is 6.42 Å². The zero-order chi connectivity index (χ0) is 16.2. The predicted molar refractivity (Wildman–Crippen MR) is 95.1 cm³/mol. The van der Waals surface area contributed by atoms with Crippen LogP contribution < -0.4 is 10.6 Å². The average molecular weight is 373 g/mol. The number of aromatic nitrogens is 1. The lowest BCUT2D eigenvalue weighted by atomic mass is 9.84. The third-order valence-electron chi connectivity index (χ3n) is 3.96. The Kier molecular flexibility index (Phi) is 5.08. The minimum Gasteiger partial charge on any atom is -0.326 e. The lowest BCUT2D eigenvalue weighted by Crippen LogP contribution is -2.31. The van der Waals surface area contributed by atoms with Gasteiger partial charge in [0.1, 0.15) is 0 Å². The summed E-state index contributed by atoms with van der Waals surface area (Å²) in [6.45, 7) is 2.47. The molecule has 3 rings (SSSR count). The number of hydrogen-bond acceptors (Lipinski definition) is 3. The molecular formula is C18H19BrN3O. The quantitative estimate of drug-likeness (QED) is 0.860. The molecule has 1 saturated heterocycles. The van der Waals surface area contributed by atoms with Gasteiger partial charge in [-0.05, 0) is 70.6 Å².